The van der Waals surface area contributed by atoms with E-state index in [1.807, 2.05) is 0 Å². The number of carbonyl (C=O) groups excluding carboxylic acids is 18. The minimum atomic E-state index is -2.06. The molecule has 0 aliphatic carbocycles. The van der Waals surface area contributed by atoms with E-state index >= 15 is 0 Å². The van der Waals surface area contributed by atoms with E-state index in [4.69, 9.17) is 40.1 Å². The van der Waals surface area contributed by atoms with Crippen molar-refractivity contribution in [3.63, 3.8) is 0 Å². The van der Waals surface area contributed by atoms with Gasteiger partial charge in [-0.25, -0.2) is 0 Å². The first kappa shape index (κ1) is 111. The van der Waals surface area contributed by atoms with Crippen LogP contribution in [0.3, 0.4) is 0 Å². The number of amides is 17. The lowest BCUT2D eigenvalue weighted by molar-refractivity contribution is -0.143. The summed E-state index contributed by atoms with van der Waals surface area (Å²) in [6, 6.07) is -19.3. The lowest BCUT2D eigenvalue weighted by atomic mass is 9.98. The highest BCUT2D eigenvalue weighted by atomic mass is 16.4. The number of aromatic amines is 1. The number of fused-ring (bicyclic) bond motifs is 1. The zero-order valence-corrected chi connectivity index (χ0v) is 73.4. The van der Waals surface area contributed by atoms with Gasteiger partial charge in [0.25, 0.3) is 0 Å². The predicted molar refractivity (Wildman–Crippen MR) is 459 cm³/mol. The summed E-state index contributed by atoms with van der Waals surface area (Å²) in [6.07, 6.45) is -7.63. The van der Waals surface area contributed by atoms with Gasteiger partial charge in [-0.2, -0.15) is 0 Å². The topological polar surface area (TPSA) is 834 Å². The van der Waals surface area contributed by atoms with Crippen LogP contribution in [0.15, 0.2) is 30.5 Å². The molecule has 1 saturated heterocycles. The van der Waals surface area contributed by atoms with E-state index < -0.39 is 303 Å². The largest absolute Gasteiger partial charge is 0.481 e. The molecule has 1 aliphatic rings. The SMILES string of the molecule is CC[C@H](C)[C@H](N)C(=O)N[C@@H](CC(N)=O)C(=O)N[C@@H](CCC(=O)O)C(=O)N[C@@H](CCC(=O)O)C(=O)N[C@@H](CC(C)C)C(=O)N[C@@H](CC(N)=O)C(=O)N1CCC[C@H]1C(=O)N[C@@H](CCCCN)C(=O)N[C@H](C(=O)N[C@@H](CC(N)=O)C(=O)N[C@@H](CCCCN)C(=O)N[C@@H](Cc1c[nH]c2ccccc12)C(=O)N[C@@H](CCC(=O)O)C(=O)N[C@@H](CC(=O)O)C(=O)N[C@H](C=O)CCCCN)[C@@H](C)O. The van der Waals surface area contributed by atoms with Crippen molar-refractivity contribution in [2.45, 2.75) is 285 Å². The van der Waals surface area contributed by atoms with Gasteiger partial charge in [0.2, 0.25) is 100 Å². The number of benzene rings is 1. The molecule has 0 unspecified atom stereocenters. The molecule has 1 aromatic heterocycles. The number of aliphatic hydroxyl groups excluding tert-OH is 1. The first-order valence-electron chi connectivity index (χ1n) is 42.8. The Morgan fingerprint density at radius 1 is 0.446 bits per heavy atom. The monoisotopic (exact) mass is 1840 g/mol. The van der Waals surface area contributed by atoms with Crippen LogP contribution >= 0.6 is 0 Å². The summed E-state index contributed by atoms with van der Waals surface area (Å²) in [5, 5.41) is 81.1. The van der Waals surface area contributed by atoms with Crippen molar-refractivity contribution < 1.29 is 131 Å². The van der Waals surface area contributed by atoms with Gasteiger partial charge in [0.05, 0.1) is 43.9 Å². The van der Waals surface area contributed by atoms with Crippen LogP contribution in [0.1, 0.15) is 188 Å². The number of carboxylic acids is 4. The molecule has 17 amide bonds. The number of para-hydroxylation sites is 1. The van der Waals surface area contributed by atoms with E-state index in [-0.39, 0.29) is 90.4 Å². The van der Waals surface area contributed by atoms with Crippen LogP contribution in [0.2, 0.25) is 0 Å². The van der Waals surface area contributed by atoms with Gasteiger partial charge in [0, 0.05) is 49.3 Å². The number of unbranched alkanes of at least 4 members (excludes halogenated alkanes) is 3. The van der Waals surface area contributed by atoms with Crippen molar-refractivity contribution in [2.24, 2.45) is 52.0 Å². The minimum absolute atomic E-state index is 0.0486. The van der Waals surface area contributed by atoms with Gasteiger partial charge < -0.3 is 149 Å². The van der Waals surface area contributed by atoms with Crippen molar-refractivity contribution in [3.05, 3.63) is 36.0 Å². The van der Waals surface area contributed by atoms with Crippen molar-refractivity contribution >= 4 is 141 Å². The Morgan fingerprint density at radius 3 is 1.27 bits per heavy atom. The second-order valence-electron chi connectivity index (χ2n) is 32.2. The number of carboxylic acid groups (broad SMARTS) is 4. The summed E-state index contributed by atoms with van der Waals surface area (Å²) in [6.45, 7) is 7.72. The number of rotatable bonds is 64. The van der Waals surface area contributed by atoms with Gasteiger partial charge in [-0.1, -0.05) is 52.3 Å². The molecule has 2 heterocycles. The molecule has 1 fully saturated rings. The van der Waals surface area contributed by atoms with Crippen LogP contribution in [-0.2, 0) is 112 Å². The van der Waals surface area contributed by atoms with Crippen molar-refractivity contribution in [3.8, 4) is 0 Å². The van der Waals surface area contributed by atoms with Crippen LogP contribution in [-0.4, -0.2) is 289 Å². The molecule has 49 nitrogen and oxygen atoms in total. The average Bonchev–Trinajstić information content (AvgIpc) is 1.65. The first-order chi connectivity index (χ1) is 61.3. The second kappa shape index (κ2) is 57.1. The molecule has 0 spiro atoms. The molecule has 724 valence electrons. The Labute approximate surface area is 748 Å². The molecular formula is C81H128N22O27. The molecular weight excluding hydrogens is 1710 g/mol. The number of likely N-dealkylation sites (tertiary alicyclic amines) is 1. The number of nitrogens with one attached hydrogen (secondary N) is 14. The molecule has 0 radical (unpaired) electrons. The number of aldehydes is 1. The summed E-state index contributed by atoms with van der Waals surface area (Å²) >= 11 is 0. The Bertz CT molecular complexity index is 4280. The normalized spacial score (nSPS) is 16.1. The maximum atomic E-state index is 14.8. The standard InChI is InChI=1S/C81H128N22O27/c1-6-41(4)66(88)79(128)99-54(34-59(85)106)76(125)94-49(22-25-62(109)110)69(118)92-50(23-26-63(111)112)70(119)96-52(32-40(2)3)74(123)101-57(36-61(87)108)81(130)103-31-15-21-58(103)78(127)95-48(20-11-14-30-84)72(121)102-67(42(5)105)80(129)100-55(35-60(86)107)77(126)91-47(19-10-13-29-83)68(117)97-53(33-43-38-89-46-18-8-7-17-45(43)46)75(124)93-51(24-27-64(113)114)71(120)98-56(37-65(115)116)73(122)90-44(39-104)16-9-12-28-82/h7-8,17-18,38-42,44,47-58,66-67,89,105H,6,9-16,19-37,82-84,88H2,1-5H3,(H2,85,106)(H2,86,107)(H2,87,108)(H,90,122)(H,91,126)(H,92,118)(H,93,124)(H,94,125)(H,95,127)(H,96,119)(H,97,117)(H,98,120)(H,99,128)(H,100,129)(H,101,123)(H,102,121)(H,109,110)(H,111,112)(H,113,114)(H,115,116)/t41-,42+,44-,47-,48-,49-,50-,51-,52-,53-,54-,55-,56-,57-,58-,66-,67-/m0/s1. The lowest BCUT2D eigenvalue weighted by Crippen LogP contribution is -2.62. The molecule has 1 aromatic carbocycles. The number of hydrogen-bond donors (Lipinski definition) is 26. The Morgan fingerprint density at radius 2 is 0.823 bits per heavy atom. The molecule has 0 saturated carbocycles. The Hall–Kier alpha value is -12.9. The van der Waals surface area contributed by atoms with E-state index in [1.165, 1.54) is 6.20 Å². The van der Waals surface area contributed by atoms with Gasteiger partial charge in [0.15, 0.2) is 0 Å². The number of aromatic nitrogens is 1. The third-order valence-electron chi connectivity index (χ3n) is 21.1. The van der Waals surface area contributed by atoms with Crippen LogP contribution in [0, 0.1) is 11.8 Å². The lowest BCUT2D eigenvalue weighted by Gasteiger charge is -2.31. The second-order valence-corrected chi connectivity index (χ2v) is 32.2. The smallest absolute Gasteiger partial charge is 0.305 e. The maximum absolute atomic E-state index is 14.8. The van der Waals surface area contributed by atoms with E-state index in [1.54, 1.807) is 52.0 Å². The van der Waals surface area contributed by atoms with E-state index in [0.29, 0.717) is 42.0 Å². The third-order valence-corrected chi connectivity index (χ3v) is 21.1. The van der Waals surface area contributed by atoms with Crippen LogP contribution in [0.25, 0.3) is 10.9 Å². The van der Waals surface area contributed by atoms with Gasteiger partial charge in [0.1, 0.15) is 84.8 Å². The number of aliphatic carboxylic acids is 4. The summed E-state index contributed by atoms with van der Waals surface area (Å²) in [5.41, 5.74) is 40.7. The van der Waals surface area contributed by atoms with Crippen molar-refractivity contribution in [2.75, 3.05) is 26.2 Å². The fourth-order valence-corrected chi connectivity index (χ4v) is 13.8. The zero-order chi connectivity index (χ0) is 97.8. The quantitative estimate of drug-likeness (QED) is 0.0216. The number of carbonyl (C=O) groups is 22. The Balaban J connectivity index is 1.99. The summed E-state index contributed by atoms with van der Waals surface area (Å²) in [7, 11) is 0. The minimum Gasteiger partial charge on any atom is -0.481 e. The highest BCUT2D eigenvalue weighted by Crippen LogP contribution is 2.23. The zero-order valence-electron chi connectivity index (χ0n) is 73.4. The van der Waals surface area contributed by atoms with Gasteiger partial charge >= 0.3 is 23.9 Å². The van der Waals surface area contributed by atoms with Gasteiger partial charge in [-0.15, -0.1) is 0 Å². The number of hydrogen-bond acceptors (Lipinski definition) is 27. The molecule has 2 aromatic rings. The van der Waals surface area contributed by atoms with E-state index in [2.05, 4.69) is 74.1 Å². The summed E-state index contributed by atoms with van der Waals surface area (Å²) in [4.78, 5) is 301. The molecule has 3 rings (SSSR count). The van der Waals surface area contributed by atoms with E-state index in [9.17, 15) is 131 Å². The molecule has 0 bridgehead atoms. The fourth-order valence-electron chi connectivity index (χ4n) is 13.8. The van der Waals surface area contributed by atoms with Crippen molar-refractivity contribution in [1.82, 2.24) is 79.0 Å². The van der Waals surface area contributed by atoms with Crippen LogP contribution < -0.4 is 109 Å². The molecule has 49 heteroatoms. The third kappa shape index (κ3) is 39.4. The molecule has 33 N–H and O–H groups in total. The van der Waals surface area contributed by atoms with E-state index in [0.717, 1.165) is 11.8 Å². The first-order valence-corrected chi connectivity index (χ1v) is 42.8. The summed E-state index contributed by atoms with van der Waals surface area (Å²) in [5.74, 6) is -26.9. The Kier molecular flexibility index (Phi) is 48.9. The van der Waals surface area contributed by atoms with Crippen LogP contribution in [0.4, 0.5) is 0 Å². The number of aliphatic hydroxyl groups is 1. The predicted octanol–water partition coefficient (Wildman–Crippen LogP) is -7.91. The molecule has 130 heavy (non-hydrogen) atoms. The number of nitrogens with two attached hydrogens (primary N) is 7. The number of H-pyrrole nitrogens is 1. The number of primary amides is 3. The van der Waals surface area contributed by atoms with Crippen LogP contribution in [0.5, 0.6) is 0 Å². The van der Waals surface area contributed by atoms with Crippen molar-refractivity contribution in [1.29, 1.82) is 0 Å². The number of nitrogens with zero attached hydrogens (tertiary/aromatic N) is 1. The highest BCUT2D eigenvalue weighted by molar-refractivity contribution is 6.03. The molecule has 1 aliphatic heterocycles. The van der Waals surface area contributed by atoms with Gasteiger partial charge in [-0.05, 0) is 146 Å². The average molecular weight is 1840 g/mol. The highest BCUT2D eigenvalue weighted by Gasteiger charge is 2.43. The summed E-state index contributed by atoms with van der Waals surface area (Å²) < 4.78 is 0. The molecule has 17 atom stereocenters. The van der Waals surface area contributed by atoms with Gasteiger partial charge in [-0.3, -0.25) is 101 Å². The maximum Gasteiger partial charge on any atom is 0.305 e. The fraction of sp³-hybridized carbons (Fsp3) is 0.630.